The highest BCUT2D eigenvalue weighted by atomic mass is 13.9. The van der Waals surface area contributed by atoms with Gasteiger partial charge in [0.05, 0.1) is 1.37 Å². The maximum atomic E-state index is 7.40. The Kier molecular flexibility index (Phi) is 1.84. The molecule has 0 aliphatic carbocycles. The SMILES string of the molecule is [2H]/C(C)=C(\C)c1ccccc1. The summed E-state index contributed by atoms with van der Waals surface area (Å²) in [7, 11) is 0. The maximum absolute atomic E-state index is 7.40. The summed E-state index contributed by atoms with van der Waals surface area (Å²) >= 11 is 0. The molecular weight excluding hydrogens is 120 g/mol. The molecule has 0 unspecified atom stereocenters. The molecule has 0 atom stereocenters. The summed E-state index contributed by atoms with van der Waals surface area (Å²) in [4.78, 5) is 0. The minimum absolute atomic E-state index is 0.635. The zero-order chi connectivity index (χ0) is 8.27. The number of allylic oxidation sites excluding steroid dienone is 2. The highest BCUT2D eigenvalue weighted by Crippen LogP contribution is 2.11. The van der Waals surface area contributed by atoms with Crippen LogP contribution < -0.4 is 0 Å². The average molecular weight is 133 g/mol. The first-order chi connectivity index (χ1) is 5.22. The Labute approximate surface area is 63.6 Å². The molecule has 0 heterocycles. The molecular formula is C10H12. The van der Waals surface area contributed by atoms with Gasteiger partial charge in [-0.2, -0.15) is 0 Å². The Hall–Kier alpha value is -1.04. The van der Waals surface area contributed by atoms with E-state index in [-0.39, 0.29) is 0 Å². The predicted molar refractivity (Wildman–Crippen MR) is 45.8 cm³/mol. The molecule has 0 saturated heterocycles. The van der Waals surface area contributed by atoms with Crippen molar-refractivity contribution in [1.82, 2.24) is 0 Å². The number of rotatable bonds is 1. The van der Waals surface area contributed by atoms with Gasteiger partial charge in [-0.1, -0.05) is 36.4 Å². The zero-order valence-electron chi connectivity index (χ0n) is 7.39. The van der Waals surface area contributed by atoms with Gasteiger partial charge in [-0.15, -0.1) is 0 Å². The Morgan fingerprint density at radius 2 is 2.00 bits per heavy atom. The van der Waals surface area contributed by atoms with Crippen LogP contribution in [-0.4, -0.2) is 0 Å². The topological polar surface area (TPSA) is 0 Å². The van der Waals surface area contributed by atoms with E-state index in [1.165, 1.54) is 0 Å². The van der Waals surface area contributed by atoms with Crippen LogP contribution in [0.5, 0.6) is 0 Å². The standard InChI is InChI=1S/C10H12/c1-3-9(2)10-7-5-4-6-8-10/h3-8H,1-2H3/b9-3-/i3D. The van der Waals surface area contributed by atoms with E-state index in [9.17, 15) is 0 Å². The highest BCUT2D eigenvalue weighted by molar-refractivity contribution is 5.62. The second kappa shape index (κ2) is 3.21. The van der Waals surface area contributed by atoms with E-state index in [1.54, 1.807) is 0 Å². The Morgan fingerprint density at radius 3 is 2.50 bits per heavy atom. The molecule has 0 aromatic heterocycles. The monoisotopic (exact) mass is 133 g/mol. The van der Waals surface area contributed by atoms with Crippen LogP contribution in [0.4, 0.5) is 0 Å². The van der Waals surface area contributed by atoms with Crippen molar-refractivity contribution >= 4 is 5.57 Å². The predicted octanol–water partition coefficient (Wildman–Crippen LogP) is 3.11. The molecule has 0 saturated carbocycles. The molecule has 0 fully saturated rings. The molecule has 1 aromatic carbocycles. The average Bonchev–Trinajstić information content (AvgIpc) is 2.05. The van der Waals surface area contributed by atoms with Crippen LogP contribution in [0, 0.1) is 0 Å². The molecule has 0 heteroatoms. The molecule has 0 nitrogen and oxygen atoms in total. The zero-order valence-corrected chi connectivity index (χ0v) is 6.39. The van der Waals surface area contributed by atoms with Gasteiger partial charge in [0.15, 0.2) is 0 Å². The van der Waals surface area contributed by atoms with Gasteiger partial charge >= 0.3 is 0 Å². The Balaban J connectivity index is 3.04. The molecule has 1 rings (SSSR count). The van der Waals surface area contributed by atoms with Crippen LogP contribution >= 0.6 is 0 Å². The van der Waals surface area contributed by atoms with Crippen molar-refractivity contribution in [2.24, 2.45) is 0 Å². The molecule has 0 radical (unpaired) electrons. The Bertz CT molecular complexity index is 255. The number of benzene rings is 1. The van der Waals surface area contributed by atoms with Crippen molar-refractivity contribution in [2.75, 3.05) is 0 Å². The minimum Gasteiger partial charge on any atom is -0.0841 e. The summed E-state index contributed by atoms with van der Waals surface area (Å²) in [5, 5.41) is 0. The second-order valence-corrected chi connectivity index (χ2v) is 2.24. The first-order valence-electron chi connectivity index (χ1n) is 3.91. The Morgan fingerprint density at radius 1 is 1.40 bits per heavy atom. The fraction of sp³-hybridized carbons (Fsp3) is 0.200. The van der Waals surface area contributed by atoms with E-state index in [1.807, 2.05) is 44.2 Å². The first kappa shape index (κ1) is 5.72. The van der Waals surface area contributed by atoms with Crippen molar-refractivity contribution in [1.29, 1.82) is 0 Å². The van der Waals surface area contributed by atoms with Crippen molar-refractivity contribution in [3.8, 4) is 0 Å². The van der Waals surface area contributed by atoms with E-state index in [4.69, 9.17) is 1.37 Å². The summed E-state index contributed by atoms with van der Waals surface area (Å²) in [5.74, 6) is 0. The molecule has 1 aromatic rings. The molecule has 0 aliphatic heterocycles. The highest BCUT2D eigenvalue weighted by Gasteiger charge is 1.88. The van der Waals surface area contributed by atoms with E-state index < -0.39 is 0 Å². The van der Waals surface area contributed by atoms with Crippen molar-refractivity contribution in [3.63, 3.8) is 0 Å². The third-order valence-electron chi connectivity index (χ3n) is 1.58. The summed E-state index contributed by atoms with van der Waals surface area (Å²) in [6.45, 7) is 3.78. The molecule has 10 heavy (non-hydrogen) atoms. The lowest BCUT2D eigenvalue weighted by atomic mass is 10.1. The fourth-order valence-corrected chi connectivity index (χ4v) is 0.832. The molecule has 0 aliphatic rings. The van der Waals surface area contributed by atoms with Crippen LogP contribution in [0.15, 0.2) is 36.4 Å². The smallest absolute Gasteiger partial charge is 0.0576 e. The van der Waals surface area contributed by atoms with Gasteiger partial charge in [0.25, 0.3) is 0 Å². The van der Waals surface area contributed by atoms with Crippen LogP contribution in [0.2, 0.25) is 0 Å². The van der Waals surface area contributed by atoms with Gasteiger partial charge in [-0.25, -0.2) is 0 Å². The van der Waals surface area contributed by atoms with Crippen molar-refractivity contribution in [3.05, 3.63) is 41.9 Å². The molecule has 0 amide bonds. The summed E-state index contributed by atoms with van der Waals surface area (Å²) in [6, 6.07) is 10.6. The van der Waals surface area contributed by atoms with Crippen LogP contribution in [0.1, 0.15) is 20.8 Å². The second-order valence-electron chi connectivity index (χ2n) is 2.24. The van der Waals surface area contributed by atoms with Crippen LogP contribution in [0.3, 0.4) is 0 Å². The van der Waals surface area contributed by atoms with E-state index in [2.05, 4.69) is 0 Å². The third-order valence-corrected chi connectivity index (χ3v) is 1.58. The lowest BCUT2D eigenvalue weighted by molar-refractivity contribution is 1.54. The van der Waals surface area contributed by atoms with E-state index in [0.29, 0.717) is 6.05 Å². The van der Waals surface area contributed by atoms with Crippen LogP contribution in [-0.2, 0) is 0 Å². The van der Waals surface area contributed by atoms with Gasteiger partial charge in [-0.05, 0) is 25.0 Å². The van der Waals surface area contributed by atoms with Gasteiger partial charge in [0, 0.05) is 0 Å². The van der Waals surface area contributed by atoms with Crippen LogP contribution in [0.25, 0.3) is 5.57 Å². The third kappa shape index (κ3) is 1.47. The number of hydrogen-bond donors (Lipinski definition) is 0. The molecule has 0 bridgehead atoms. The maximum Gasteiger partial charge on any atom is 0.0576 e. The molecule has 0 spiro atoms. The molecule has 52 valence electrons. The van der Waals surface area contributed by atoms with E-state index >= 15 is 0 Å². The lowest BCUT2D eigenvalue weighted by Crippen LogP contribution is -1.75. The largest absolute Gasteiger partial charge is 0.0841 e. The van der Waals surface area contributed by atoms with Crippen molar-refractivity contribution < 1.29 is 1.37 Å². The van der Waals surface area contributed by atoms with Crippen molar-refractivity contribution in [2.45, 2.75) is 13.8 Å². The van der Waals surface area contributed by atoms with E-state index in [0.717, 1.165) is 11.1 Å². The van der Waals surface area contributed by atoms with Gasteiger partial charge in [0.2, 0.25) is 0 Å². The summed E-state index contributed by atoms with van der Waals surface area (Å²) in [5.41, 5.74) is 2.19. The quantitative estimate of drug-likeness (QED) is 0.552. The van der Waals surface area contributed by atoms with Gasteiger partial charge in [-0.3, -0.25) is 0 Å². The molecule has 0 N–H and O–H groups in total. The first-order valence-corrected chi connectivity index (χ1v) is 3.41. The van der Waals surface area contributed by atoms with Gasteiger partial charge < -0.3 is 0 Å². The fourth-order valence-electron chi connectivity index (χ4n) is 0.832. The summed E-state index contributed by atoms with van der Waals surface area (Å²) in [6.07, 6.45) is 0. The minimum atomic E-state index is 0.635. The lowest BCUT2D eigenvalue weighted by Gasteiger charge is -1.97. The summed E-state index contributed by atoms with van der Waals surface area (Å²) < 4.78 is 7.40. The van der Waals surface area contributed by atoms with Gasteiger partial charge in [0.1, 0.15) is 0 Å². The number of hydrogen-bond acceptors (Lipinski definition) is 0. The normalized spacial score (nSPS) is 14.0.